The number of hydrogen-bond donors (Lipinski definition) is 1. The summed E-state index contributed by atoms with van der Waals surface area (Å²) in [4.78, 5) is 0. The molecule has 4 heteroatoms. The zero-order valence-electron chi connectivity index (χ0n) is 12.6. The molecule has 0 bridgehead atoms. The fraction of sp³-hybridized carbons (Fsp3) is 0.625. The van der Waals surface area contributed by atoms with E-state index in [0.717, 1.165) is 25.7 Å². The molecule has 1 N–H and O–H groups in total. The predicted molar refractivity (Wildman–Crippen MR) is 83.2 cm³/mol. The van der Waals surface area contributed by atoms with Crippen molar-refractivity contribution in [2.24, 2.45) is 5.92 Å². The predicted octanol–water partition coefficient (Wildman–Crippen LogP) is 3.03. The molecule has 1 aliphatic rings. The van der Waals surface area contributed by atoms with Crippen LogP contribution in [-0.2, 0) is 16.4 Å². The lowest BCUT2D eigenvalue weighted by atomic mass is 9.95. The van der Waals surface area contributed by atoms with E-state index < -0.39 is 10.0 Å². The lowest BCUT2D eigenvalue weighted by Crippen LogP contribution is -2.41. The van der Waals surface area contributed by atoms with Crippen LogP contribution in [-0.4, -0.2) is 19.7 Å². The summed E-state index contributed by atoms with van der Waals surface area (Å²) in [6.45, 7) is 5.54. The van der Waals surface area contributed by atoms with Gasteiger partial charge in [0.15, 0.2) is 0 Å². The summed E-state index contributed by atoms with van der Waals surface area (Å²) in [5, 5.41) is -0.358. The van der Waals surface area contributed by atoms with Crippen molar-refractivity contribution >= 4 is 10.0 Å². The molecule has 0 radical (unpaired) electrons. The van der Waals surface area contributed by atoms with Crippen molar-refractivity contribution in [1.82, 2.24) is 4.72 Å². The van der Waals surface area contributed by atoms with Crippen molar-refractivity contribution in [2.45, 2.75) is 57.7 Å². The first-order valence-corrected chi connectivity index (χ1v) is 9.00. The largest absolute Gasteiger partial charge is 0.214 e. The number of sulfonamides is 1. The van der Waals surface area contributed by atoms with Gasteiger partial charge in [0.05, 0.1) is 5.25 Å². The highest BCUT2D eigenvalue weighted by molar-refractivity contribution is 7.90. The molecule has 1 saturated carbocycles. The smallest absolute Gasteiger partial charge is 0.212 e. The third-order valence-corrected chi connectivity index (χ3v) is 6.09. The van der Waals surface area contributed by atoms with E-state index in [9.17, 15) is 8.42 Å². The molecule has 0 amide bonds. The average molecular weight is 295 g/mol. The van der Waals surface area contributed by atoms with Crippen molar-refractivity contribution in [3.05, 3.63) is 35.4 Å². The molecule has 112 valence electrons. The normalized spacial score (nSPS) is 23.4. The van der Waals surface area contributed by atoms with Gasteiger partial charge in [0.2, 0.25) is 10.0 Å². The fourth-order valence-electron chi connectivity index (χ4n) is 2.81. The number of benzene rings is 1. The maximum Gasteiger partial charge on any atom is 0.214 e. The van der Waals surface area contributed by atoms with E-state index in [1.54, 1.807) is 13.8 Å². The molecule has 3 nitrogen and oxygen atoms in total. The highest BCUT2D eigenvalue weighted by Gasteiger charge is 2.31. The SMILES string of the molecule is Cc1ccc(CC2CCCC2NS(=O)(=O)C(C)C)cc1. The molecule has 0 aromatic heterocycles. The molecule has 2 rings (SSSR count). The van der Waals surface area contributed by atoms with Crippen LogP contribution < -0.4 is 4.72 Å². The van der Waals surface area contributed by atoms with Crippen LogP contribution in [0.5, 0.6) is 0 Å². The Morgan fingerprint density at radius 1 is 1.20 bits per heavy atom. The number of hydrogen-bond acceptors (Lipinski definition) is 2. The van der Waals surface area contributed by atoms with E-state index in [2.05, 4.69) is 35.9 Å². The Kier molecular flexibility index (Phi) is 4.86. The van der Waals surface area contributed by atoms with Crippen LogP contribution >= 0.6 is 0 Å². The molecule has 20 heavy (non-hydrogen) atoms. The first kappa shape index (κ1) is 15.5. The Morgan fingerprint density at radius 3 is 2.45 bits per heavy atom. The molecule has 1 fully saturated rings. The van der Waals surface area contributed by atoms with E-state index >= 15 is 0 Å². The molecular formula is C16H25NO2S. The Hall–Kier alpha value is -0.870. The van der Waals surface area contributed by atoms with Crippen LogP contribution in [0.3, 0.4) is 0 Å². The minimum Gasteiger partial charge on any atom is -0.212 e. The molecule has 1 aromatic rings. The monoisotopic (exact) mass is 295 g/mol. The van der Waals surface area contributed by atoms with Crippen LogP contribution in [0.1, 0.15) is 44.2 Å². The second-order valence-electron chi connectivity index (χ2n) is 6.20. The summed E-state index contributed by atoms with van der Waals surface area (Å²) in [6.07, 6.45) is 4.15. The number of aryl methyl sites for hydroxylation is 1. The summed E-state index contributed by atoms with van der Waals surface area (Å²) in [5.41, 5.74) is 2.56. The lowest BCUT2D eigenvalue weighted by molar-refractivity contribution is 0.440. The highest BCUT2D eigenvalue weighted by Crippen LogP contribution is 2.29. The quantitative estimate of drug-likeness (QED) is 0.907. The van der Waals surface area contributed by atoms with Crippen molar-refractivity contribution in [2.75, 3.05) is 0 Å². The molecule has 1 aromatic carbocycles. The van der Waals surface area contributed by atoms with Crippen LogP contribution in [0, 0.1) is 12.8 Å². The third-order valence-electron chi connectivity index (χ3n) is 4.21. The maximum atomic E-state index is 12.0. The molecular weight excluding hydrogens is 270 g/mol. The van der Waals surface area contributed by atoms with Crippen molar-refractivity contribution in [1.29, 1.82) is 0 Å². The van der Waals surface area contributed by atoms with Gasteiger partial charge in [0.1, 0.15) is 0 Å². The second kappa shape index (κ2) is 6.27. The standard InChI is InChI=1S/C16H25NO2S/c1-12(2)20(18,19)17-16-6-4-5-15(16)11-14-9-7-13(3)8-10-14/h7-10,12,15-17H,4-6,11H2,1-3H3. The summed E-state index contributed by atoms with van der Waals surface area (Å²) in [5.74, 6) is 0.422. The van der Waals surface area contributed by atoms with Crippen LogP contribution in [0.2, 0.25) is 0 Å². The van der Waals surface area contributed by atoms with Crippen LogP contribution in [0.25, 0.3) is 0 Å². The van der Waals surface area contributed by atoms with Gasteiger partial charge in [0, 0.05) is 6.04 Å². The van der Waals surface area contributed by atoms with Gasteiger partial charge in [-0.3, -0.25) is 0 Å². The minimum absolute atomic E-state index is 0.101. The van der Waals surface area contributed by atoms with Gasteiger partial charge in [-0.2, -0.15) is 0 Å². The van der Waals surface area contributed by atoms with Gasteiger partial charge in [-0.15, -0.1) is 0 Å². The van der Waals surface area contributed by atoms with Gasteiger partial charge in [-0.25, -0.2) is 13.1 Å². The van der Waals surface area contributed by atoms with E-state index in [1.807, 2.05) is 0 Å². The van der Waals surface area contributed by atoms with Crippen molar-refractivity contribution in [3.63, 3.8) is 0 Å². The average Bonchev–Trinajstić information content (AvgIpc) is 2.79. The Morgan fingerprint density at radius 2 is 1.85 bits per heavy atom. The zero-order valence-corrected chi connectivity index (χ0v) is 13.4. The van der Waals surface area contributed by atoms with Crippen molar-refractivity contribution in [3.8, 4) is 0 Å². The molecule has 0 spiro atoms. The van der Waals surface area contributed by atoms with E-state index in [-0.39, 0.29) is 11.3 Å². The lowest BCUT2D eigenvalue weighted by Gasteiger charge is -2.22. The summed E-state index contributed by atoms with van der Waals surface area (Å²) in [6, 6.07) is 8.65. The van der Waals surface area contributed by atoms with Crippen LogP contribution in [0.15, 0.2) is 24.3 Å². The van der Waals surface area contributed by atoms with Gasteiger partial charge < -0.3 is 0 Å². The van der Waals surface area contributed by atoms with Gasteiger partial charge in [0.25, 0.3) is 0 Å². The van der Waals surface area contributed by atoms with Crippen molar-refractivity contribution < 1.29 is 8.42 Å². The summed E-state index contributed by atoms with van der Waals surface area (Å²) >= 11 is 0. The summed E-state index contributed by atoms with van der Waals surface area (Å²) in [7, 11) is -3.16. The zero-order chi connectivity index (χ0) is 14.8. The first-order valence-electron chi connectivity index (χ1n) is 7.45. The minimum atomic E-state index is -3.16. The molecule has 1 aliphatic carbocycles. The third kappa shape index (κ3) is 3.83. The van der Waals surface area contributed by atoms with Crippen LogP contribution in [0.4, 0.5) is 0 Å². The molecule has 0 aliphatic heterocycles. The molecule has 0 saturated heterocycles. The Bertz CT molecular complexity index is 534. The van der Waals surface area contributed by atoms with E-state index in [4.69, 9.17) is 0 Å². The maximum absolute atomic E-state index is 12.0. The first-order chi connectivity index (χ1) is 9.38. The second-order valence-corrected chi connectivity index (χ2v) is 8.47. The van der Waals surface area contributed by atoms with Gasteiger partial charge in [-0.05, 0) is 51.5 Å². The Labute approximate surface area is 122 Å². The topological polar surface area (TPSA) is 46.2 Å². The van der Waals surface area contributed by atoms with E-state index in [0.29, 0.717) is 5.92 Å². The molecule has 0 heterocycles. The Balaban J connectivity index is 2.02. The number of rotatable bonds is 5. The molecule has 2 unspecified atom stereocenters. The van der Waals surface area contributed by atoms with Gasteiger partial charge in [-0.1, -0.05) is 36.2 Å². The summed E-state index contributed by atoms with van der Waals surface area (Å²) < 4.78 is 26.9. The highest BCUT2D eigenvalue weighted by atomic mass is 32.2. The fourth-order valence-corrected chi connectivity index (χ4v) is 3.81. The van der Waals surface area contributed by atoms with E-state index in [1.165, 1.54) is 11.1 Å². The van der Waals surface area contributed by atoms with Gasteiger partial charge >= 0.3 is 0 Å². The number of nitrogens with one attached hydrogen (secondary N) is 1. The molecule has 2 atom stereocenters.